The van der Waals surface area contributed by atoms with Crippen molar-refractivity contribution in [2.45, 2.75) is 38.8 Å². The minimum atomic E-state index is -0.600. The Morgan fingerprint density at radius 1 is 1.43 bits per heavy atom. The second kappa shape index (κ2) is 7.48. The topological polar surface area (TPSA) is 74.1 Å². The van der Waals surface area contributed by atoms with Crippen molar-refractivity contribution in [1.82, 2.24) is 5.32 Å². The van der Waals surface area contributed by atoms with Crippen LogP contribution in [0.25, 0.3) is 0 Å². The van der Waals surface area contributed by atoms with Gasteiger partial charge in [0.05, 0.1) is 11.8 Å². The molecule has 6 heteroatoms. The van der Waals surface area contributed by atoms with Gasteiger partial charge >= 0.3 is 6.09 Å². The monoisotopic (exact) mass is 293 g/mol. The number of benzene rings is 1. The third-order valence-electron chi connectivity index (χ3n) is 2.46. The fourth-order valence-corrected chi connectivity index (χ4v) is 1.57. The van der Waals surface area contributed by atoms with Gasteiger partial charge in [0.25, 0.3) is 0 Å². The Balaban J connectivity index is 2.41. The first kappa shape index (κ1) is 16.8. The maximum Gasteiger partial charge on any atom is 0.407 e. The molecule has 0 fully saturated rings. The largest absolute Gasteiger partial charge is 0.444 e. The molecule has 0 saturated heterocycles. The van der Waals surface area contributed by atoms with Crippen LogP contribution in [0.15, 0.2) is 24.3 Å². The van der Waals surface area contributed by atoms with E-state index < -0.39 is 23.6 Å². The molecule has 0 heterocycles. The first-order valence-electron chi connectivity index (χ1n) is 6.69. The molecule has 1 aromatic carbocycles. The second-order valence-electron chi connectivity index (χ2n) is 5.52. The Kier molecular flexibility index (Phi) is 5.97. The molecule has 1 atom stereocenters. The first-order chi connectivity index (χ1) is 9.81. The van der Waals surface area contributed by atoms with Crippen LogP contribution in [-0.4, -0.2) is 24.3 Å². The van der Waals surface area contributed by atoms with Crippen LogP contribution in [0, 0.1) is 17.1 Å². The van der Waals surface area contributed by atoms with Crippen molar-refractivity contribution in [3.63, 3.8) is 0 Å². The van der Waals surface area contributed by atoms with Crippen molar-refractivity contribution in [3.8, 4) is 6.07 Å². The summed E-state index contributed by atoms with van der Waals surface area (Å²) in [5.74, 6) is -0.419. The molecule has 0 saturated carbocycles. The number of carbonyl (C=O) groups excluding carboxylic acids is 1. The van der Waals surface area contributed by atoms with E-state index in [1.54, 1.807) is 39.0 Å². The van der Waals surface area contributed by atoms with Crippen LogP contribution in [-0.2, 0) is 4.74 Å². The molecular formula is C15H20FN3O2. The number of nitrogens with one attached hydrogen (secondary N) is 2. The molecule has 0 bridgehead atoms. The van der Waals surface area contributed by atoms with Crippen molar-refractivity contribution in [2.24, 2.45) is 0 Å². The predicted molar refractivity (Wildman–Crippen MR) is 78.3 cm³/mol. The summed E-state index contributed by atoms with van der Waals surface area (Å²) in [5, 5.41) is 14.4. The third kappa shape index (κ3) is 6.61. The lowest BCUT2D eigenvalue weighted by Crippen LogP contribution is -2.34. The summed E-state index contributed by atoms with van der Waals surface area (Å²) in [6.45, 7) is 5.56. The number of hydrogen-bond donors (Lipinski definition) is 2. The lowest BCUT2D eigenvalue weighted by atomic mass is 10.2. The molecule has 0 aromatic heterocycles. The first-order valence-corrected chi connectivity index (χ1v) is 6.69. The molecule has 1 unspecified atom stereocenters. The standard InChI is InChI=1S/C15H20FN3O2/c1-15(2,3)21-14(20)18-9-8-11(10-17)19-13-7-5-4-6-12(13)16/h4-7,11,19H,8-9H2,1-3H3,(H,18,20). The van der Waals surface area contributed by atoms with Gasteiger partial charge in [0.2, 0.25) is 0 Å². The Morgan fingerprint density at radius 3 is 2.67 bits per heavy atom. The quantitative estimate of drug-likeness (QED) is 0.875. The number of alkyl carbamates (subject to hydrolysis) is 1. The van der Waals surface area contributed by atoms with Crippen LogP contribution in [0.5, 0.6) is 0 Å². The maximum atomic E-state index is 13.5. The number of ether oxygens (including phenoxy) is 1. The number of hydrogen-bond acceptors (Lipinski definition) is 4. The van der Waals surface area contributed by atoms with Crippen molar-refractivity contribution >= 4 is 11.8 Å². The zero-order valence-electron chi connectivity index (χ0n) is 12.4. The van der Waals surface area contributed by atoms with Crippen LogP contribution in [0.3, 0.4) is 0 Å². The van der Waals surface area contributed by atoms with Crippen LogP contribution in [0.1, 0.15) is 27.2 Å². The number of anilines is 1. The van der Waals surface area contributed by atoms with E-state index in [4.69, 9.17) is 10.00 Å². The summed E-state index contributed by atoms with van der Waals surface area (Å²) in [4.78, 5) is 11.4. The van der Waals surface area contributed by atoms with Crippen molar-refractivity contribution in [3.05, 3.63) is 30.1 Å². The van der Waals surface area contributed by atoms with Gasteiger partial charge in [-0.15, -0.1) is 0 Å². The number of rotatable bonds is 5. The normalized spacial score (nSPS) is 12.1. The van der Waals surface area contributed by atoms with E-state index in [2.05, 4.69) is 10.6 Å². The number of para-hydroxylation sites is 1. The Morgan fingerprint density at radius 2 is 2.10 bits per heavy atom. The summed E-state index contributed by atoms with van der Waals surface area (Å²) >= 11 is 0. The molecule has 0 aliphatic rings. The molecule has 21 heavy (non-hydrogen) atoms. The molecule has 0 aliphatic carbocycles. The van der Waals surface area contributed by atoms with Crippen molar-refractivity contribution in [2.75, 3.05) is 11.9 Å². The van der Waals surface area contributed by atoms with Gasteiger partial charge in [-0.3, -0.25) is 0 Å². The smallest absolute Gasteiger partial charge is 0.407 e. The summed E-state index contributed by atoms with van der Waals surface area (Å²) in [5.41, 5.74) is -0.300. The zero-order chi connectivity index (χ0) is 15.9. The van der Waals surface area contributed by atoms with E-state index in [-0.39, 0.29) is 12.2 Å². The SMILES string of the molecule is CC(C)(C)OC(=O)NCCC(C#N)Nc1ccccc1F. The van der Waals surface area contributed by atoms with Crippen LogP contribution in [0.2, 0.25) is 0 Å². The van der Waals surface area contributed by atoms with Gasteiger partial charge in [0.1, 0.15) is 17.5 Å². The van der Waals surface area contributed by atoms with Gasteiger partial charge in [-0.25, -0.2) is 9.18 Å². The van der Waals surface area contributed by atoms with Gasteiger partial charge < -0.3 is 15.4 Å². The average molecular weight is 293 g/mol. The minimum Gasteiger partial charge on any atom is -0.444 e. The number of carbonyl (C=O) groups is 1. The van der Waals surface area contributed by atoms with E-state index in [1.807, 2.05) is 6.07 Å². The highest BCUT2D eigenvalue weighted by atomic mass is 19.1. The molecule has 5 nitrogen and oxygen atoms in total. The molecule has 0 radical (unpaired) electrons. The fourth-order valence-electron chi connectivity index (χ4n) is 1.57. The molecule has 114 valence electrons. The van der Waals surface area contributed by atoms with Gasteiger partial charge in [0.15, 0.2) is 0 Å². The lowest BCUT2D eigenvalue weighted by molar-refractivity contribution is 0.0527. The number of nitrogens with zero attached hydrogens (tertiary/aromatic N) is 1. The van der Waals surface area contributed by atoms with Gasteiger partial charge in [-0.1, -0.05) is 12.1 Å². The highest BCUT2D eigenvalue weighted by Crippen LogP contribution is 2.14. The van der Waals surface area contributed by atoms with E-state index >= 15 is 0 Å². The third-order valence-corrected chi connectivity index (χ3v) is 2.46. The van der Waals surface area contributed by atoms with Gasteiger partial charge in [0, 0.05) is 6.54 Å². The van der Waals surface area contributed by atoms with E-state index in [1.165, 1.54) is 6.07 Å². The van der Waals surface area contributed by atoms with Crippen molar-refractivity contribution < 1.29 is 13.9 Å². The predicted octanol–water partition coefficient (Wildman–Crippen LogP) is 3.04. The molecule has 2 N–H and O–H groups in total. The Labute approximate surface area is 124 Å². The summed E-state index contributed by atoms with van der Waals surface area (Å²) < 4.78 is 18.5. The van der Waals surface area contributed by atoms with Gasteiger partial charge in [-0.05, 0) is 39.3 Å². The molecule has 0 aliphatic heterocycles. The Hall–Kier alpha value is -2.29. The number of halogens is 1. The molecule has 1 amide bonds. The van der Waals surface area contributed by atoms with E-state index in [0.717, 1.165) is 0 Å². The Bertz CT molecular complexity index is 520. The maximum absolute atomic E-state index is 13.5. The molecule has 1 rings (SSSR count). The molecule has 1 aromatic rings. The second-order valence-corrected chi connectivity index (χ2v) is 5.52. The summed E-state index contributed by atoms with van der Waals surface area (Å²) in [7, 11) is 0. The van der Waals surface area contributed by atoms with Crippen molar-refractivity contribution in [1.29, 1.82) is 5.26 Å². The van der Waals surface area contributed by atoms with E-state index in [9.17, 15) is 9.18 Å². The van der Waals surface area contributed by atoms with Crippen LogP contribution in [0.4, 0.5) is 14.9 Å². The molecular weight excluding hydrogens is 273 g/mol. The highest BCUT2D eigenvalue weighted by molar-refractivity contribution is 5.67. The summed E-state index contributed by atoms with van der Waals surface area (Å²) in [6.07, 6.45) is -0.200. The number of nitriles is 1. The van der Waals surface area contributed by atoms with Gasteiger partial charge in [-0.2, -0.15) is 5.26 Å². The summed E-state index contributed by atoms with van der Waals surface area (Å²) in [6, 6.07) is 7.56. The van der Waals surface area contributed by atoms with Crippen LogP contribution < -0.4 is 10.6 Å². The minimum absolute atomic E-state index is 0.259. The lowest BCUT2D eigenvalue weighted by Gasteiger charge is -2.20. The van der Waals surface area contributed by atoms with E-state index in [0.29, 0.717) is 6.42 Å². The van der Waals surface area contributed by atoms with Crippen LogP contribution >= 0.6 is 0 Å². The molecule has 0 spiro atoms. The number of amides is 1. The highest BCUT2D eigenvalue weighted by Gasteiger charge is 2.16. The fraction of sp³-hybridized carbons (Fsp3) is 0.467. The zero-order valence-corrected chi connectivity index (χ0v) is 12.4. The average Bonchev–Trinajstić information content (AvgIpc) is 2.37.